The lowest BCUT2D eigenvalue weighted by Gasteiger charge is -2.14. The number of nitrogens with one attached hydrogen (secondary N) is 1. The number of carbonyl (C=O) groups excluding carboxylic acids is 1. The van der Waals surface area contributed by atoms with Crippen LogP contribution >= 0.6 is 11.3 Å². The van der Waals surface area contributed by atoms with Gasteiger partial charge in [-0.15, -0.1) is 0 Å². The van der Waals surface area contributed by atoms with Crippen LogP contribution in [0.4, 0.5) is 0 Å². The van der Waals surface area contributed by atoms with Crippen molar-refractivity contribution in [3.63, 3.8) is 0 Å². The number of hydrogen-bond donors (Lipinski definition) is 2. The summed E-state index contributed by atoms with van der Waals surface area (Å²) in [7, 11) is 0. The second kappa shape index (κ2) is 6.87. The molecule has 21 heavy (non-hydrogen) atoms. The van der Waals surface area contributed by atoms with Gasteiger partial charge in [0, 0.05) is 18.0 Å². The second-order valence-corrected chi connectivity index (χ2v) is 6.35. The molecule has 2 rings (SSSR count). The third-order valence-corrected chi connectivity index (χ3v) is 4.48. The van der Waals surface area contributed by atoms with Crippen LogP contribution in [0.3, 0.4) is 0 Å². The summed E-state index contributed by atoms with van der Waals surface area (Å²) in [5.41, 5.74) is 10.2. The van der Waals surface area contributed by atoms with Crippen molar-refractivity contribution in [1.82, 2.24) is 5.32 Å². The van der Waals surface area contributed by atoms with Crippen LogP contribution in [-0.4, -0.2) is 12.5 Å². The minimum absolute atomic E-state index is 0.0528. The van der Waals surface area contributed by atoms with E-state index in [0.717, 1.165) is 16.7 Å². The summed E-state index contributed by atoms with van der Waals surface area (Å²) in [4.78, 5) is 12.0. The zero-order valence-electron chi connectivity index (χ0n) is 12.7. The van der Waals surface area contributed by atoms with E-state index in [0.29, 0.717) is 12.5 Å². The van der Waals surface area contributed by atoms with Gasteiger partial charge in [-0.05, 0) is 34.9 Å². The Kier molecular flexibility index (Phi) is 5.15. The Bertz CT molecular complexity index is 602. The lowest BCUT2D eigenvalue weighted by molar-refractivity contribution is 0.0951. The molecular formula is C17H22N2OS. The van der Waals surface area contributed by atoms with E-state index in [1.165, 1.54) is 16.9 Å². The number of hydrogen-bond acceptors (Lipinski definition) is 3. The molecule has 1 heterocycles. The molecule has 0 radical (unpaired) electrons. The average Bonchev–Trinajstić information content (AvgIpc) is 2.90. The van der Waals surface area contributed by atoms with Gasteiger partial charge in [-0.25, -0.2) is 0 Å². The largest absolute Gasteiger partial charge is 0.350 e. The van der Waals surface area contributed by atoms with Crippen molar-refractivity contribution in [1.29, 1.82) is 0 Å². The van der Waals surface area contributed by atoms with Gasteiger partial charge in [0.15, 0.2) is 0 Å². The van der Waals surface area contributed by atoms with Gasteiger partial charge in [0.2, 0.25) is 0 Å². The zero-order valence-corrected chi connectivity index (χ0v) is 13.5. The molecule has 0 saturated heterocycles. The average molecular weight is 302 g/mol. The van der Waals surface area contributed by atoms with Crippen molar-refractivity contribution in [2.45, 2.75) is 32.7 Å². The molecule has 3 N–H and O–H groups in total. The number of rotatable bonds is 5. The third kappa shape index (κ3) is 3.93. The Morgan fingerprint density at radius 2 is 1.81 bits per heavy atom. The SMILES string of the molecule is Cc1cscc1C(=O)NCC(N)c1ccc(C(C)C)cc1. The Balaban J connectivity index is 1.94. The Morgan fingerprint density at radius 1 is 1.19 bits per heavy atom. The summed E-state index contributed by atoms with van der Waals surface area (Å²) in [6.45, 7) is 6.71. The number of carbonyl (C=O) groups is 1. The highest BCUT2D eigenvalue weighted by molar-refractivity contribution is 7.08. The van der Waals surface area contributed by atoms with E-state index in [1.807, 2.05) is 29.8 Å². The Morgan fingerprint density at radius 3 is 2.33 bits per heavy atom. The van der Waals surface area contributed by atoms with Gasteiger partial charge in [0.1, 0.15) is 0 Å². The molecule has 0 aliphatic rings. The van der Waals surface area contributed by atoms with Gasteiger partial charge in [0.25, 0.3) is 5.91 Å². The fourth-order valence-electron chi connectivity index (χ4n) is 2.14. The van der Waals surface area contributed by atoms with Crippen molar-refractivity contribution in [2.24, 2.45) is 5.73 Å². The highest BCUT2D eigenvalue weighted by Crippen LogP contribution is 2.18. The third-order valence-electron chi connectivity index (χ3n) is 3.61. The highest BCUT2D eigenvalue weighted by atomic mass is 32.1. The normalized spacial score (nSPS) is 12.4. The summed E-state index contributed by atoms with van der Waals surface area (Å²) in [6.07, 6.45) is 0. The van der Waals surface area contributed by atoms with Gasteiger partial charge in [-0.2, -0.15) is 11.3 Å². The first-order chi connectivity index (χ1) is 9.99. The summed E-state index contributed by atoms with van der Waals surface area (Å²) in [5.74, 6) is 0.458. The Hall–Kier alpha value is -1.65. The second-order valence-electron chi connectivity index (χ2n) is 5.61. The molecule has 2 aromatic rings. The summed E-state index contributed by atoms with van der Waals surface area (Å²) in [6, 6.07) is 8.11. The zero-order chi connectivity index (χ0) is 15.4. The lowest BCUT2D eigenvalue weighted by atomic mass is 9.99. The molecular weight excluding hydrogens is 280 g/mol. The monoisotopic (exact) mass is 302 g/mol. The number of benzene rings is 1. The van der Waals surface area contributed by atoms with Crippen LogP contribution in [0.5, 0.6) is 0 Å². The maximum absolute atomic E-state index is 12.0. The summed E-state index contributed by atoms with van der Waals surface area (Å²) >= 11 is 1.54. The molecule has 0 aliphatic heterocycles. The van der Waals surface area contributed by atoms with Crippen LogP contribution in [0.2, 0.25) is 0 Å². The van der Waals surface area contributed by atoms with E-state index in [1.54, 1.807) is 0 Å². The highest BCUT2D eigenvalue weighted by Gasteiger charge is 2.12. The molecule has 3 nitrogen and oxygen atoms in total. The van der Waals surface area contributed by atoms with E-state index in [9.17, 15) is 4.79 Å². The summed E-state index contributed by atoms with van der Waals surface area (Å²) < 4.78 is 0. The quantitative estimate of drug-likeness (QED) is 0.886. The molecule has 1 aromatic carbocycles. The van der Waals surface area contributed by atoms with Gasteiger partial charge in [0.05, 0.1) is 5.56 Å². The maximum Gasteiger partial charge on any atom is 0.252 e. The molecule has 1 amide bonds. The van der Waals surface area contributed by atoms with Crippen molar-refractivity contribution in [3.05, 3.63) is 57.3 Å². The molecule has 0 bridgehead atoms. The van der Waals surface area contributed by atoms with Crippen molar-refractivity contribution >= 4 is 17.2 Å². The van der Waals surface area contributed by atoms with Gasteiger partial charge >= 0.3 is 0 Å². The van der Waals surface area contributed by atoms with Gasteiger partial charge in [-0.3, -0.25) is 4.79 Å². The fourth-order valence-corrected chi connectivity index (χ4v) is 2.97. The van der Waals surface area contributed by atoms with Crippen LogP contribution in [0.25, 0.3) is 0 Å². The number of amides is 1. The fraction of sp³-hybridized carbons (Fsp3) is 0.353. The van der Waals surface area contributed by atoms with Crippen LogP contribution < -0.4 is 11.1 Å². The molecule has 1 aromatic heterocycles. The van der Waals surface area contributed by atoms with Crippen LogP contribution in [0, 0.1) is 6.92 Å². The maximum atomic E-state index is 12.0. The molecule has 0 fully saturated rings. The predicted molar refractivity (Wildman–Crippen MR) is 88.8 cm³/mol. The van der Waals surface area contributed by atoms with Crippen molar-refractivity contribution in [2.75, 3.05) is 6.54 Å². The molecule has 0 spiro atoms. The lowest BCUT2D eigenvalue weighted by Crippen LogP contribution is -2.32. The number of thiophene rings is 1. The predicted octanol–water partition coefficient (Wildman–Crippen LogP) is 3.61. The summed E-state index contributed by atoms with van der Waals surface area (Å²) in [5, 5.41) is 6.74. The first kappa shape index (κ1) is 15.7. The van der Waals surface area contributed by atoms with E-state index < -0.39 is 0 Å². The minimum Gasteiger partial charge on any atom is -0.350 e. The van der Waals surface area contributed by atoms with Crippen LogP contribution in [-0.2, 0) is 0 Å². The first-order valence-corrected chi connectivity index (χ1v) is 8.09. The van der Waals surface area contributed by atoms with Crippen LogP contribution in [0.1, 0.15) is 52.9 Å². The molecule has 1 atom stereocenters. The van der Waals surface area contributed by atoms with Crippen LogP contribution in [0.15, 0.2) is 35.0 Å². The number of aryl methyl sites for hydroxylation is 1. The minimum atomic E-state index is -0.186. The topological polar surface area (TPSA) is 55.1 Å². The molecule has 1 unspecified atom stereocenters. The molecule has 4 heteroatoms. The molecule has 0 saturated carbocycles. The van der Waals surface area contributed by atoms with Crippen molar-refractivity contribution in [3.8, 4) is 0 Å². The van der Waals surface area contributed by atoms with E-state index in [-0.39, 0.29) is 11.9 Å². The van der Waals surface area contributed by atoms with E-state index >= 15 is 0 Å². The van der Waals surface area contributed by atoms with Gasteiger partial charge in [-0.1, -0.05) is 38.1 Å². The smallest absolute Gasteiger partial charge is 0.252 e. The Labute approximate surface area is 130 Å². The number of nitrogens with two attached hydrogens (primary N) is 1. The standard InChI is InChI=1S/C17H22N2OS/c1-11(2)13-4-6-14(7-5-13)16(18)8-19-17(20)15-10-21-9-12(15)3/h4-7,9-11,16H,8,18H2,1-3H3,(H,19,20). The van der Waals surface area contributed by atoms with E-state index in [4.69, 9.17) is 5.73 Å². The molecule has 0 aliphatic carbocycles. The van der Waals surface area contributed by atoms with E-state index in [2.05, 4.69) is 31.3 Å². The molecule has 112 valence electrons. The van der Waals surface area contributed by atoms with Gasteiger partial charge < -0.3 is 11.1 Å². The first-order valence-electron chi connectivity index (χ1n) is 7.15. The van der Waals surface area contributed by atoms with Crippen molar-refractivity contribution < 1.29 is 4.79 Å².